The smallest absolute Gasteiger partial charge is 0.252 e. The van der Waals surface area contributed by atoms with Gasteiger partial charge in [-0.15, -0.1) is 0 Å². The summed E-state index contributed by atoms with van der Waals surface area (Å²) in [6.07, 6.45) is 0. The first kappa shape index (κ1) is 34.7. The quantitative estimate of drug-likeness (QED) is 0.165. The SMILES string of the molecule is Cc1cc2c3c(c1)N(c1ccccc1)c1cc4c(cc1B3c1ccc(C(C)(C)C)cc1N2c1cccc(C(C)(C)C)c1)C(C)(C)c1ccccc1C4(C)C. The zero-order chi connectivity index (χ0) is 38.1. The van der Waals surface area contributed by atoms with E-state index < -0.39 is 0 Å². The van der Waals surface area contributed by atoms with Gasteiger partial charge in [0.2, 0.25) is 0 Å². The molecule has 2 nitrogen and oxygen atoms in total. The highest BCUT2D eigenvalue weighted by atomic mass is 15.2. The molecule has 3 aliphatic rings. The molecule has 0 radical (unpaired) electrons. The van der Waals surface area contributed by atoms with Crippen LogP contribution in [0.3, 0.4) is 0 Å². The molecule has 0 fully saturated rings. The fraction of sp³-hybridized carbons (Fsp3) is 0.294. The summed E-state index contributed by atoms with van der Waals surface area (Å²) >= 11 is 0. The Morgan fingerprint density at radius 1 is 0.444 bits per heavy atom. The van der Waals surface area contributed by atoms with Gasteiger partial charge in [0.05, 0.1) is 0 Å². The van der Waals surface area contributed by atoms with Crippen LogP contribution in [0.15, 0.2) is 121 Å². The fourth-order valence-corrected chi connectivity index (χ4v) is 9.78. The predicted molar refractivity (Wildman–Crippen MR) is 233 cm³/mol. The van der Waals surface area contributed by atoms with E-state index in [-0.39, 0.29) is 28.4 Å². The van der Waals surface area contributed by atoms with Gasteiger partial charge in [-0.3, -0.25) is 0 Å². The minimum Gasteiger partial charge on any atom is -0.311 e. The molecule has 0 N–H and O–H groups in total. The van der Waals surface area contributed by atoms with E-state index >= 15 is 0 Å². The Morgan fingerprint density at radius 3 is 1.57 bits per heavy atom. The van der Waals surface area contributed by atoms with Crippen molar-refractivity contribution in [2.45, 2.75) is 97.8 Å². The highest BCUT2D eigenvalue weighted by Crippen LogP contribution is 2.52. The van der Waals surface area contributed by atoms with Crippen LogP contribution >= 0.6 is 0 Å². The van der Waals surface area contributed by atoms with Crippen LogP contribution in [0.5, 0.6) is 0 Å². The van der Waals surface area contributed by atoms with Gasteiger partial charge in [0.25, 0.3) is 6.71 Å². The molecule has 1 aliphatic carbocycles. The fourth-order valence-electron chi connectivity index (χ4n) is 9.78. The van der Waals surface area contributed by atoms with Gasteiger partial charge in [0.1, 0.15) is 0 Å². The van der Waals surface area contributed by atoms with Crippen LogP contribution in [0.25, 0.3) is 0 Å². The molecule has 270 valence electrons. The lowest BCUT2D eigenvalue weighted by molar-refractivity contribution is 0.521. The second-order valence-electron chi connectivity index (χ2n) is 19.2. The number of fused-ring (bicyclic) bond motifs is 6. The zero-order valence-electron chi connectivity index (χ0n) is 34.0. The summed E-state index contributed by atoms with van der Waals surface area (Å²) < 4.78 is 0. The van der Waals surface area contributed by atoms with E-state index in [0.29, 0.717) is 0 Å². The molecule has 54 heavy (non-hydrogen) atoms. The molecule has 0 amide bonds. The number of aryl methyl sites for hydroxylation is 1. The highest BCUT2D eigenvalue weighted by Gasteiger charge is 2.48. The monoisotopic (exact) mass is 704 g/mol. The summed E-state index contributed by atoms with van der Waals surface area (Å²) in [6, 6.07) is 46.9. The predicted octanol–water partition coefficient (Wildman–Crippen LogP) is 11.6. The minimum absolute atomic E-state index is 0.00263. The maximum absolute atomic E-state index is 2.62. The van der Waals surface area contributed by atoms with Crippen LogP contribution in [-0.2, 0) is 21.7 Å². The molecule has 9 rings (SSSR count). The summed E-state index contributed by atoms with van der Waals surface area (Å²) in [5.41, 5.74) is 21.0. The highest BCUT2D eigenvalue weighted by molar-refractivity contribution is 7.00. The second kappa shape index (κ2) is 11.5. The Bertz CT molecular complexity index is 2490. The molecule has 3 heteroatoms. The molecule has 0 saturated carbocycles. The number of rotatable bonds is 2. The lowest BCUT2D eigenvalue weighted by atomic mass is 9.33. The van der Waals surface area contributed by atoms with Gasteiger partial charge in [-0.05, 0) is 122 Å². The van der Waals surface area contributed by atoms with Crippen molar-refractivity contribution < 1.29 is 0 Å². The van der Waals surface area contributed by atoms with Crippen molar-refractivity contribution >= 4 is 57.2 Å². The molecule has 0 atom stereocenters. The van der Waals surface area contributed by atoms with Crippen LogP contribution in [0, 0.1) is 6.92 Å². The lowest BCUT2D eigenvalue weighted by Gasteiger charge is -2.48. The first-order chi connectivity index (χ1) is 25.5. The van der Waals surface area contributed by atoms with E-state index in [9.17, 15) is 0 Å². The minimum atomic E-state index is -0.155. The number of nitrogens with zero attached hydrogens (tertiary/aromatic N) is 2. The molecule has 6 aromatic carbocycles. The van der Waals surface area contributed by atoms with Crippen molar-refractivity contribution in [3.8, 4) is 0 Å². The van der Waals surface area contributed by atoms with Gasteiger partial charge in [-0.1, -0.05) is 142 Å². The summed E-state index contributed by atoms with van der Waals surface area (Å²) in [7, 11) is 0. The maximum Gasteiger partial charge on any atom is 0.252 e. The van der Waals surface area contributed by atoms with Crippen molar-refractivity contribution in [1.29, 1.82) is 0 Å². The van der Waals surface area contributed by atoms with Crippen molar-refractivity contribution in [1.82, 2.24) is 0 Å². The third kappa shape index (κ3) is 5.00. The second-order valence-corrected chi connectivity index (χ2v) is 19.2. The van der Waals surface area contributed by atoms with Crippen LogP contribution in [0.4, 0.5) is 34.1 Å². The van der Waals surface area contributed by atoms with Gasteiger partial charge < -0.3 is 9.80 Å². The molecule has 2 heterocycles. The average molecular weight is 705 g/mol. The van der Waals surface area contributed by atoms with Gasteiger partial charge in [-0.25, -0.2) is 0 Å². The van der Waals surface area contributed by atoms with Gasteiger partial charge >= 0.3 is 0 Å². The van der Waals surface area contributed by atoms with Crippen molar-refractivity contribution in [2.24, 2.45) is 0 Å². The molecule has 2 aliphatic heterocycles. The van der Waals surface area contributed by atoms with Gasteiger partial charge in [-0.2, -0.15) is 0 Å². The summed E-state index contributed by atoms with van der Waals surface area (Å²) in [6.45, 7) is 26.0. The van der Waals surface area contributed by atoms with Crippen molar-refractivity contribution in [3.05, 3.63) is 160 Å². The number of hydrogen-bond acceptors (Lipinski definition) is 2. The Labute approximate surface area is 324 Å². The number of para-hydroxylation sites is 1. The largest absolute Gasteiger partial charge is 0.311 e. The van der Waals surface area contributed by atoms with Crippen LogP contribution < -0.4 is 26.2 Å². The van der Waals surface area contributed by atoms with Gasteiger partial charge in [0, 0.05) is 45.0 Å². The van der Waals surface area contributed by atoms with E-state index in [0.717, 1.165) is 0 Å². The molecular formula is C51H53BN2. The average Bonchev–Trinajstić information content (AvgIpc) is 3.13. The Hall–Kier alpha value is -5.02. The molecule has 0 spiro atoms. The first-order valence-electron chi connectivity index (χ1n) is 19.8. The number of anilines is 6. The number of benzene rings is 6. The zero-order valence-corrected chi connectivity index (χ0v) is 34.0. The molecule has 0 aromatic heterocycles. The van der Waals surface area contributed by atoms with Crippen LogP contribution in [0.1, 0.15) is 108 Å². The third-order valence-corrected chi connectivity index (χ3v) is 12.8. The Morgan fingerprint density at radius 2 is 0.963 bits per heavy atom. The standard InChI is InChI=1S/C51H53BN2/c1-32-26-45-47-46(27-32)54(36-21-17-18-33(28-36)48(2,3)4)43-29-34(49(5,6)7)24-25-41(43)52(47)42-30-39-40(31-44(42)53(45)35-19-13-12-14-20-35)51(10,11)38-23-16-15-22-37(38)50(39,8)9/h12-31H,1-11H3. The molecule has 0 bridgehead atoms. The molecule has 0 unspecified atom stereocenters. The summed E-state index contributed by atoms with van der Waals surface area (Å²) in [5, 5.41) is 0. The normalized spacial score (nSPS) is 16.2. The van der Waals surface area contributed by atoms with Crippen LogP contribution in [0.2, 0.25) is 0 Å². The summed E-state index contributed by atoms with van der Waals surface area (Å²) in [5.74, 6) is 0. The number of hydrogen-bond donors (Lipinski definition) is 0. The van der Waals surface area contributed by atoms with E-state index in [4.69, 9.17) is 0 Å². The maximum atomic E-state index is 2.62. The molecular weight excluding hydrogens is 651 g/mol. The third-order valence-electron chi connectivity index (χ3n) is 12.8. The first-order valence-corrected chi connectivity index (χ1v) is 19.8. The Kier molecular flexibility index (Phi) is 7.40. The van der Waals surface area contributed by atoms with Crippen molar-refractivity contribution in [2.75, 3.05) is 9.80 Å². The summed E-state index contributed by atoms with van der Waals surface area (Å²) in [4.78, 5) is 5.15. The topological polar surface area (TPSA) is 6.48 Å². The Balaban J connectivity index is 1.41. The molecule has 6 aromatic rings. The van der Waals surface area contributed by atoms with E-state index in [2.05, 4.69) is 207 Å². The van der Waals surface area contributed by atoms with Crippen LogP contribution in [-0.4, -0.2) is 6.71 Å². The molecule has 0 saturated heterocycles. The van der Waals surface area contributed by atoms with E-state index in [1.54, 1.807) is 0 Å². The van der Waals surface area contributed by atoms with E-state index in [1.807, 2.05) is 0 Å². The van der Waals surface area contributed by atoms with Gasteiger partial charge in [0.15, 0.2) is 0 Å². The lowest BCUT2D eigenvalue weighted by Crippen LogP contribution is -2.62. The van der Waals surface area contributed by atoms with Crippen molar-refractivity contribution in [3.63, 3.8) is 0 Å². The van der Waals surface area contributed by atoms with E-state index in [1.165, 1.54) is 89.5 Å².